The predicted molar refractivity (Wildman–Crippen MR) is 76.5 cm³/mol. The Hall–Kier alpha value is -0.740. The number of hydrogen-bond donors (Lipinski definition) is 1. The normalized spacial score (nSPS) is 19.6. The van der Waals surface area contributed by atoms with E-state index in [2.05, 4.69) is 27.3 Å². The zero-order valence-corrected chi connectivity index (χ0v) is 12.5. The van der Waals surface area contributed by atoms with Crippen molar-refractivity contribution in [2.45, 2.75) is 19.3 Å². The first-order valence-electron chi connectivity index (χ1n) is 6.35. The molecule has 1 N–H and O–H groups in total. The van der Waals surface area contributed by atoms with Gasteiger partial charge in [-0.1, -0.05) is 15.9 Å². The first-order chi connectivity index (χ1) is 8.74. The highest BCUT2D eigenvalue weighted by Crippen LogP contribution is 2.36. The fraction of sp³-hybridized carbons (Fsp3) is 0.571. The molecule has 1 aliphatic rings. The van der Waals surface area contributed by atoms with E-state index < -0.39 is 0 Å². The monoisotopic (exact) mass is 313 g/mol. The lowest BCUT2D eigenvalue weighted by atomic mass is 9.92. The van der Waals surface area contributed by atoms with Crippen LogP contribution in [0.15, 0.2) is 16.6 Å². The van der Waals surface area contributed by atoms with E-state index in [0.29, 0.717) is 5.92 Å². The molecule has 3 nitrogen and oxygen atoms in total. The second kappa shape index (κ2) is 6.43. The van der Waals surface area contributed by atoms with Crippen LogP contribution >= 0.6 is 15.9 Å². The summed E-state index contributed by atoms with van der Waals surface area (Å²) in [6.45, 7) is 2.24. The van der Waals surface area contributed by atoms with E-state index in [1.54, 1.807) is 14.2 Å². The lowest BCUT2D eigenvalue weighted by Crippen LogP contribution is -2.30. The number of halogens is 1. The average Bonchev–Trinajstić information content (AvgIpc) is 2.39. The quantitative estimate of drug-likeness (QED) is 0.927. The summed E-state index contributed by atoms with van der Waals surface area (Å²) in [5.74, 6) is 2.35. The summed E-state index contributed by atoms with van der Waals surface area (Å²) in [4.78, 5) is 0. The standard InChI is InChI=1S/C14H20BrNO2/c1-17-13-8-12(15)7-11(14(13)18-2)6-10-4-3-5-16-9-10/h7-8,10,16H,3-6,9H2,1-2H3. The van der Waals surface area contributed by atoms with E-state index in [4.69, 9.17) is 9.47 Å². The van der Waals surface area contributed by atoms with Crippen LogP contribution in [0.3, 0.4) is 0 Å². The number of piperidine rings is 1. The third-order valence-electron chi connectivity index (χ3n) is 3.43. The molecule has 0 spiro atoms. The molecule has 1 aliphatic heterocycles. The number of nitrogens with one attached hydrogen (secondary N) is 1. The molecule has 0 aromatic heterocycles. The lowest BCUT2D eigenvalue weighted by molar-refractivity contribution is 0.340. The van der Waals surface area contributed by atoms with Gasteiger partial charge in [0.05, 0.1) is 14.2 Å². The fourth-order valence-corrected chi connectivity index (χ4v) is 3.05. The summed E-state index contributed by atoms with van der Waals surface area (Å²) >= 11 is 3.53. The molecule has 18 heavy (non-hydrogen) atoms. The predicted octanol–water partition coefficient (Wildman–Crippen LogP) is 3.01. The minimum absolute atomic E-state index is 0.687. The maximum atomic E-state index is 5.50. The highest BCUT2D eigenvalue weighted by atomic mass is 79.9. The van der Waals surface area contributed by atoms with Gasteiger partial charge in [0, 0.05) is 4.47 Å². The highest BCUT2D eigenvalue weighted by molar-refractivity contribution is 9.10. The Morgan fingerprint density at radius 1 is 1.33 bits per heavy atom. The summed E-state index contributed by atoms with van der Waals surface area (Å²) in [5, 5.41) is 3.45. The number of rotatable bonds is 4. The SMILES string of the molecule is COc1cc(Br)cc(CC2CCCNC2)c1OC. The van der Waals surface area contributed by atoms with E-state index in [-0.39, 0.29) is 0 Å². The molecule has 0 bridgehead atoms. The summed E-state index contributed by atoms with van der Waals surface area (Å²) in [6.07, 6.45) is 3.58. The van der Waals surface area contributed by atoms with Gasteiger partial charge in [-0.15, -0.1) is 0 Å². The van der Waals surface area contributed by atoms with E-state index in [0.717, 1.165) is 35.5 Å². The van der Waals surface area contributed by atoms with Crippen LogP contribution in [0.5, 0.6) is 11.5 Å². The molecule has 0 aliphatic carbocycles. The first-order valence-corrected chi connectivity index (χ1v) is 7.15. The van der Waals surface area contributed by atoms with E-state index in [1.807, 2.05) is 6.07 Å². The molecule has 1 heterocycles. The van der Waals surface area contributed by atoms with Crippen molar-refractivity contribution in [3.8, 4) is 11.5 Å². The minimum Gasteiger partial charge on any atom is -0.493 e. The van der Waals surface area contributed by atoms with Crippen molar-refractivity contribution in [3.05, 3.63) is 22.2 Å². The van der Waals surface area contributed by atoms with Crippen molar-refractivity contribution in [3.63, 3.8) is 0 Å². The fourth-order valence-electron chi connectivity index (χ4n) is 2.57. The molecule has 1 atom stereocenters. The highest BCUT2D eigenvalue weighted by Gasteiger charge is 2.18. The van der Waals surface area contributed by atoms with Gasteiger partial charge in [0.15, 0.2) is 11.5 Å². The lowest BCUT2D eigenvalue weighted by Gasteiger charge is -2.24. The first kappa shape index (κ1) is 13.7. The van der Waals surface area contributed by atoms with Gasteiger partial charge in [-0.05, 0) is 56.0 Å². The van der Waals surface area contributed by atoms with Crippen LogP contribution in [0.25, 0.3) is 0 Å². The summed E-state index contributed by atoms with van der Waals surface area (Å²) in [5.41, 5.74) is 1.22. The third-order valence-corrected chi connectivity index (χ3v) is 3.89. The Balaban J connectivity index is 2.21. The smallest absolute Gasteiger partial charge is 0.163 e. The second-order valence-corrected chi connectivity index (χ2v) is 5.63. The van der Waals surface area contributed by atoms with Crippen LogP contribution in [0.4, 0.5) is 0 Å². The molecular weight excluding hydrogens is 294 g/mol. The maximum absolute atomic E-state index is 5.50. The number of hydrogen-bond acceptors (Lipinski definition) is 3. The molecule has 1 aromatic carbocycles. The Labute approximate surface area is 117 Å². The summed E-state index contributed by atoms with van der Waals surface area (Å²) in [7, 11) is 3.38. The van der Waals surface area contributed by atoms with Crippen molar-refractivity contribution >= 4 is 15.9 Å². The summed E-state index contributed by atoms with van der Waals surface area (Å²) < 4.78 is 11.9. The minimum atomic E-state index is 0.687. The largest absolute Gasteiger partial charge is 0.493 e. The van der Waals surface area contributed by atoms with Gasteiger partial charge in [-0.2, -0.15) is 0 Å². The van der Waals surface area contributed by atoms with E-state index >= 15 is 0 Å². The summed E-state index contributed by atoms with van der Waals surface area (Å²) in [6, 6.07) is 4.08. The van der Waals surface area contributed by atoms with E-state index in [9.17, 15) is 0 Å². The number of ether oxygens (including phenoxy) is 2. The van der Waals surface area contributed by atoms with Gasteiger partial charge in [0.2, 0.25) is 0 Å². The number of benzene rings is 1. The van der Waals surface area contributed by atoms with Crippen molar-refractivity contribution in [2.75, 3.05) is 27.3 Å². The van der Waals surface area contributed by atoms with Gasteiger partial charge in [0.25, 0.3) is 0 Å². The molecule has 1 saturated heterocycles. The van der Waals surface area contributed by atoms with Crippen LogP contribution in [0.1, 0.15) is 18.4 Å². The Bertz CT molecular complexity index is 403. The Morgan fingerprint density at radius 3 is 2.78 bits per heavy atom. The number of methoxy groups -OCH3 is 2. The molecule has 1 unspecified atom stereocenters. The average molecular weight is 314 g/mol. The molecule has 2 rings (SSSR count). The van der Waals surface area contributed by atoms with Gasteiger partial charge in [-0.25, -0.2) is 0 Å². The molecule has 0 saturated carbocycles. The van der Waals surface area contributed by atoms with Crippen LogP contribution in [-0.4, -0.2) is 27.3 Å². The van der Waals surface area contributed by atoms with Gasteiger partial charge in [-0.3, -0.25) is 0 Å². The Morgan fingerprint density at radius 2 is 2.17 bits per heavy atom. The molecular formula is C14H20BrNO2. The molecule has 1 aromatic rings. The topological polar surface area (TPSA) is 30.5 Å². The van der Waals surface area contributed by atoms with E-state index in [1.165, 1.54) is 18.4 Å². The van der Waals surface area contributed by atoms with Crippen molar-refractivity contribution in [1.29, 1.82) is 0 Å². The van der Waals surface area contributed by atoms with Crippen LogP contribution in [-0.2, 0) is 6.42 Å². The zero-order valence-electron chi connectivity index (χ0n) is 11.0. The second-order valence-electron chi connectivity index (χ2n) is 4.72. The third kappa shape index (κ3) is 3.18. The molecule has 1 fully saturated rings. The molecule has 0 amide bonds. The maximum Gasteiger partial charge on any atom is 0.163 e. The zero-order chi connectivity index (χ0) is 13.0. The van der Waals surface area contributed by atoms with Crippen molar-refractivity contribution in [2.24, 2.45) is 5.92 Å². The van der Waals surface area contributed by atoms with Gasteiger partial charge < -0.3 is 14.8 Å². The van der Waals surface area contributed by atoms with Crippen LogP contribution < -0.4 is 14.8 Å². The van der Waals surface area contributed by atoms with Crippen LogP contribution in [0, 0.1) is 5.92 Å². The van der Waals surface area contributed by atoms with Crippen LogP contribution in [0.2, 0.25) is 0 Å². The van der Waals surface area contributed by atoms with Gasteiger partial charge >= 0.3 is 0 Å². The van der Waals surface area contributed by atoms with Crippen molar-refractivity contribution in [1.82, 2.24) is 5.32 Å². The Kier molecular flexibility index (Phi) is 4.89. The molecule has 4 heteroatoms. The van der Waals surface area contributed by atoms with Crippen molar-refractivity contribution < 1.29 is 9.47 Å². The molecule has 100 valence electrons. The van der Waals surface area contributed by atoms with Gasteiger partial charge in [0.1, 0.15) is 0 Å². The molecule has 0 radical (unpaired) electrons.